The van der Waals surface area contributed by atoms with Crippen LogP contribution < -0.4 is 0 Å². The average Bonchev–Trinajstić information content (AvgIpc) is 3.26. The first-order valence-electron chi connectivity index (χ1n) is 21.9. The minimum absolute atomic E-state index is 0. The SMILES string of the molecule is C/C=C/CCCCCOC(=O)c1ccc(S(=O)(=O)[O-])cc1C(=O)OCCCCC/C=C/C.C/C=C/CCCCCOC(=O)c1ccc(S(=O)(=O)[O-])cc1C(=O)OCCCCC/C=C/C.[Ca+2]. The molecule has 14 nitrogen and oxygen atoms in total. The quantitative estimate of drug-likeness (QED) is 0.0178. The van der Waals surface area contributed by atoms with Crippen molar-refractivity contribution in [1.29, 1.82) is 0 Å². The molecule has 356 valence electrons. The molecule has 0 atom stereocenters. The van der Waals surface area contributed by atoms with E-state index in [0.29, 0.717) is 25.7 Å². The Kier molecular flexibility index (Phi) is 34.4. The third-order valence-electron chi connectivity index (χ3n) is 9.38. The van der Waals surface area contributed by atoms with Crippen LogP contribution in [0, 0.1) is 0 Å². The molecular weight excluding hydrogens is 905 g/mol. The third-order valence-corrected chi connectivity index (χ3v) is 11.0. The van der Waals surface area contributed by atoms with E-state index in [1.807, 2.05) is 52.0 Å². The zero-order valence-electron chi connectivity index (χ0n) is 38.5. The van der Waals surface area contributed by atoms with E-state index in [1.54, 1.807) is 0 Å². The summed E-state index contributed by atoms with van der Waals surface area (Å²) in [5, 5.41) is 0. The van der Waals surface area contributed by atoms with Crippen molar-refractivity contribution < 1.29 is 64.1 Å². The molecule has 0 N–H and O–H groups in total. The van der Waals surface area contributed by atoms with Gasteiger partial charge >= 0.3 is 61.6 Å². The molecule has 0 radical (unpaired) electrons. The van der Waals surface area contributed by atoms with Crippen LogP contribution in [0.2, 0.25) is 0 Å². The molecule has 0 unspecified atom stereocenters. The second kappa shape index (κ2) is 36.5. The smallest absolute Gasteiger partial charge is 0.744 e. The normalized spacial score (nSPS) is 11.7. The van der Waals surface area contributed by atoms with Gasteiger partial charge in [-0.05, 0) is 167 Å². The Morgan fingerprint density at radius 3 is 0.892 bits per heavy atom. The number of hydrogen-bond acceptors (Lipinski definition) is 14. The van der Waals surface area contributed by atoms with Crippen molar-refractivity contribution in [3.63, 3.8) is 0 Å². The number of carbonyl (C=O) groups excluding carboxylic acids is 4. The van der Waals surface area contributed by atoms with Crippen molar-refractivity contribution in [3.05, 3.63) is 107 Å². The zero-order valence-corrected chi connectivity index (χ0v) is 42.3. The summed E-state index contributed by atoms with van der Waals surface area (Å²) < 4.78 is 89.0. The maximum absolute atomic E-state index is 12.5. The van der Waals surface area contributed by atoms with Gasteiger partial charge in [-0.2, -0.15) is 0 Å². The van der Waals surface area contributed by atoms with Crippen LogP contribution in [0.1, 0.15) is 172 Å². The van der Waals surface area contributed by atoms with Crippen LogP contribution in [-0.4, -0.2) is 114 Å². The van der Waals surface area contributed by atoms with Crippen LogP contribution in [0.4, 0.5) is 0 Å². The van der Waals surface area contributed by atoms with Gasteiger partial charge in [-0.15, -0.1) is 0 Å². The van der Waals surface area contributed by atoms with Crippen molar-refractivity contribution in [2.45, 2.75) is 140 Å². The predicted octanol–water partition coefficient (Wildman–Crippen LogP) is 9.97. The maximum atomic E-state index is 12.5. The number of ether oxygens (including phenoxy) is 4. The standard InChI is InChI=1S/2C24H34O7S.Ca/c2*1-3-5-7-9-11-13-17-30-23(25)21-16-15-20(32(27,28)29)19-22(21)24(26)31-18-14-12-10-8-6-4-2;/h2*3-6,15-16,19H,7-14,17-18H2,1-2H3,(H,27,28,29);/q;;+2/p-2/b2*5-3+,6-4+;. The minimum atomic E-state index is -4.79. The van der Waals surface area contributed by atoms with Crippen molar-refractivity contribution in [2.24, 2.45) is 0 Å². The van der Waals surface area contributed by atoms with Gasteiger partial charge in [-0.25, -0.2) is 36.0 Å². The number of benzene rings is 2. The molecule has 0 aromatic heterocycles. The van der Waals surface area contributed by atoms with Crippen molar-refractivity contribution in [3.8, 4) is 0 Å². The molecule has 65 heavy (non-hydrogen) atoms. The Morgan fingerprint density at radius 2 is 0.662 bits per heavy atom. The average molecular weight is 971 g/mol. The second-order valence-electron chi connectivity index (χ2n) is 14.5. The molecule has 0 aliphatic carbocycles. The predicted molar refractivity (Wildman–Crippen MR) is 249 cm³/mol. The van der Waals surface area contributed by atoms with E-state index in [0.717, 1.165) is 113 Å². The van der Waals surface area contributed by atoms with Gasteiger partial charge in [0.1, 0.15) is 20.2 Å². The van der Waals surface area contributed by atoms with Crippen LogP contribution in [0.3, 0.4) is 0 Å². The van der Waals surface area contributed by atoms with Crippen LogP contribution in [-0.2, 0) is 39.2 Å². The topological polar surface area (TPSA) is 220 Å². The van der Waals surface area contributed by atoms with Gasteiger partial charge in [0.2, 0.25) is 0 Å². The summed E-state index contributed by atoms with van der Waals surface area (Å²) in [6.45, 7) is 8.43. The van der Waals surface area contributed by atoms with E-state index in [1.165, 1.54) is 0 Å². The first-order chi connectivity index (χ1) is 30.6. The van der Waals surface area contributed by atoms with Crippen LogP contribution in [0.25, 0.3) is 0 Å². The van der Waals surface area contributed by atoms with E-state index in [9.17, 15) is 45.1 Å². The first kappa shape index (κ1) is 61.4. The summed E-state index contributed by atoms with van der Waals surface area (Å²) >= 11 is 0. The molecule has 0 bridgehead atoms. The second-order valence-corrected chi connectivity index (χ2v) is 17.3. The molecule has 2 aromatic rings. The summed E-state index contributed by atoms with van der Waals surface area (Å²) in [4.78, 5) is 48.8. The fraction of sp³-hybridized carbons (Fsp3) is 0.500. The van der Waals surface area contributed by atoms with E-state index >= 15 is 0 Å². The fourth-order valence-electron chi connectivity index (χ4n) is 5.85. The van der Waals surface area contributed by atoms with Gasteiger partial charge in [0.25, 0.3) is 0 Å². The number of hydrogen-bond donors (Lipinski definition) is 0. The Labute approximate surface area is 416 Å². The van der Waals surface area contributed by atoms with Gasteiger partial charge in [0.15, 0.2) is 0 Å². The van der Waals surface area contributed by atoms with E-state index in [-0.39, 0.29) is 86.4 Å². The summed E-state index contributed by atoms with van der Waals surface area (Å²) in [6, 6.07) is 5.98. The number of unbranched alkanes of at least 4 members (excludes halogenated alkanes) is 12. The molecule has 0 aliphatic heterocycles. The monoisotopic (exact) mass is 970 g/mol. The Hall–Kier alpha value is -3.64. The number of carbonyl (C=O) groups is 4. The molecule has 17 heteroatoms. The molecule has 2 rings (SSSR count). The number of rotatable bonds is 30. The fourth-order valence-corrected chi connectivity index (χ4v) is 6.85. The van der Waals surface area contributed by atoms with Gasteiger partial charge in [0, 0.05) is 0 Å². The zero-order chi connectivity index (χ0) is 47.6. The van der Waals surface area contributed by atoms with Gasteiger partial charge < -0.3 is 28.1 Å². The Balaban J connectivity index is 0.00000124. The first-order valence-corrected chi connectivity index (χ1v) is 24.8. The minimum Gasteiger partial charge on any atom is -0.744 e. The molecule has 0 heterocycles. The Morgan fingerprint density at radius 1 is 0.415 bits per heavy atom. The number of allylic oxidation sites excluding steroid dienone is 8. The van der Waals surface area contributed by atoms with Crippen LogP contribution in [0.15, 0.2) is 94.8 Å². The molecule has 2 aromatic carbocycles. The molecule has 0 spiro atoms. The molecule has 0 saturated carbocycles. The van der Waals surface area contributed by atoms with Crippen LogP contribution >= 0.6 is 0 Å². The summed E-state index contributed by atoms with van der Waals surface area (Å²) in [5.74, 6) is -3.23. The van der Waals surface area contributed by atoms with Gasteiger partial charge in [0.05, 0.1) is 58.5 Å². The largest absolute Gasteiger partial charge is 2.00 e. The summed E-state index contributed by atoms with van der Waals surface area (Å²) in [5.41, 5.74) is -0.809. The molecule has 0 saturated heterocycles. The summed E-state index contributed by atoms with van der Waals surface area (Å²) in [6.07, 6.45) is 29.9. The maximum Gasteiger partial charge on any atom is 2.00 e. The molecule has 0 aliphatic rings. The molecule has 0 fully saturated rings. The third kappa shape index (κ3) is 27.6. The van der Waals surface area contributed by atoms with Crippen molar-refractivity contribution in [1.82, 2.24) is 0 Å². The molecular formula is C48H66CaO14S2. The number of esters is 4. The van der Waals surface area contributed by atoms with E-state index in [2.05, 4.69) is 24.3 Å². The Bertz CT molecular complexity index is 1930. The van der Waals surface area contributed by atoms with Crippen LogP contribution in [0.5, 0.6) is 0 Å². The molecule has 0 amide bonds. The summed E-state index contributed by atoms with van der Waals surface area (Å²) in [7, 11) is -9.59. The van der Waals surface area contributed by atoms with E-state index in [4.69, 9.17) is 18.9 Å². The van der Waals surface area contributed by atoms with Gasteiger partial charge in [-0.1, -0.05) is 48.6 Å². The van der Waals surface area contributed by atoms with Crippen molar-refractivity contribution >= 4 is 81.9 Å². The van der Waals surface area contributed by atoms with Crippen molar-refractivity contribution in [2.75, 3.05) is 26.4 Å². The van der Waals surface area contributed by atoms with E-state index < -0.39 is 53.9 Å². The van der Waals surface area contributed by atoms with Gasteiger partial charge in [-0.3, -0.25) is 0 Å².